The van der Waals surface area contributed by atoms with Gasteiger partial charge in [0.15, 0.2) is 0 Å². The Morgan fingerprint density at radius 2 is 2.00 bits per heavy atom. The Morgan fingerprint density at radius 1 is 1.31 bits per heavy atom. The number of fused-ring (bicyclic) bond motifs is 1. The highest BCUT2D eigenvalue weighted by molar-refractivity contribution is 5.24. The zero-order chi connectivity index (χ0) is 11.9. The molecular formula is C15H24O. The summed E-state index contributed by atoms with van der Waals surface area (Å²) in [6.45, 7) is 13.0. The summed E-state index contributed by atoms with van der Waals surface area (Å²) in [5, 5.41) is 10.00. The zero-order valence-corrected chi connectivity index (χ0v) is 10.6. The first kappa shape index (κ1) is 11.9. The van der Waals surface area contributed by atoms with Crippen LogP contribution in [0.5, 0.6) is 0 Å². The molecule has 0 amide bonds. The molecule has 1 nitrogen and oxygen atoms in total. The molecular weight excluding hydrogens is 196 g/mol. The van der Waals surface area contributed by atoms with Gasteiger partial charge < -0.3 is 5.11 Å². The molecule has 0 saturated heterocycles. The minimum Gasteiger partial charge on any atom is -0.389 e. The molecule has 2 rings (SSSR count). The van der Waals surface area contributed by atoms with E-state index in [4.69, 9.17) is 0 Å². The normalized spacial score (nSPS) is 40.0. The Bertz CT molecular complexity index is 303. The van der Waals surface area contributed by atoms with Crippen molar-refractivity contribution in [1.82, 2.24) is 0 Å². The van der Waals surface area contributed by atoms with E-state index < -0.39 is 0 Å². The van der Waals surface area contributed by atoms with E-state index in [9.17, 15) is 5.11 Å². The topological polar surface area (TPSA) is 20.2 Å². The lowest BCUT2D eigenvalue weighted by atomic mass is 9.74. The van der Waals surface area contributed by atoms with Gasteiger partial charge in [-0.1, -0.05) is 32.6 Å². The lowest BCUT2D eigenvalue weighted by molar-refractivity contribution is 0.210. The van der Waals surface area contributed by atoms with Crippen molar-refractivity contribution in [3.8, 4) is 0 Å². The fraction of sp³-hybridized carbons (Fsp3) is 0.733. The first-order valence-electron chi connectivity index (χ1n) is 6.56. The summed E-state index contributed by atoms with van der Waals surface area (Å²) < 4.78 is 0. The van der Waals surface area contributed by atoms with Crippen LogP contribution in [0.4, 0.5) is 0 Å². The highest BCUT2D eigenvalue weighted by Gasteiger charge is 2.44. The lowest BCUT2D eigenvalue weighted by Gasteiger charge is -2.30. The van der Waals surface area contributed by atoms with Crippen LogP contribution in [-0.2, 0) is 0 Å². The summed E-state index contributed by atoms with van der Waals surface area (Å²) in [5.74, 6) is 2.36. The first-order valence-corrected chi connectivity index (χ1v) is 6.56. The first-order chi connectivity index (χ1) is 7.52. The molecule has 0 aromatic carbocycles. The van der Waals surface area contributed by atoms with Gasteiger partial charge in [-0.05, 0) is 54.9 Å². The van der Waals surface area contributed by atoms with Gasteiger partial charge in [-0.15, -0.1) is 0 Å². The third-order valence-electron chi connectivity index (χ3n) is 4.64. The molecule has 1 heteroatoms. The average Bonchev–Trinajstić information content (AvgIpc) is 2.42. The maximum absolute atomic E-state index is 10.00. The van der Waals surface area contributed by atoms with Crippen LogP contribution < -0.4 is 0 Å². The molecule has 2 fully saturated rings. The van der Waals surface area contributed by atoms with E-state index in [1.807, 2.05) is 0 Å². The second-order valence-corrected chi connectivity index (χ2v) is 5.92. The molecule has 4 atom stereocenters. The smallest absolute Gasteiger partial charge is 0.0756 e. The van der Waals surface area contributed by atoms with Gasteiger partial charge in [-0.2, -0.15) is 0 Å². The Morgan fingerprint density at radius 3 is 2.62 bits per heavy atom. The van der Waals surface area contributed by atoms with Crippen molar-refractivity contribution >= 4 is 0 Å². The van der Waals surface area contributed by atoms with Crippen molar-refractivity contribution in [2.24, 2.45) is 23.7 Å². The molecule has 0 aromatic rings. The van der Waals surface area contributed by atoms with E-state index in [1.54, 1.807) is 0 Å². The molecule has 0 aromatic heterocycles. The third-order valence-corrected chi connectivity index (χ3v) is 4.64. The van der Waals surface area contributed by atoms with Crippen LogP contribution in [-0.4, -0.2) is 11.2 Å². The van der Waals surface area contributed by atoms with Crippen molar-refractivity contribution in [1.29, 1.82) is 0 Å². The van der Waals surface area contributed by atoms with Crippen LogP contribution in [0, 0.1) is 23.7 Å². The molecule has 0 heterocycles. The fourth-order valence-electron chi connectivity index (χ4n) is 3.69. The van der Waals surface area contributed by atoms with Crippen LogP contribution in [0.1, 0.15) is 39.5 Å². The molecule has 2 aliphatic rings. The molecule has 0 unspecified atom stereocenters. The van der Waals surface area contributed by atoms with Crippen molar-refractivity contribution in [2.45, 2.75) is 45.6 Å². The van der Waals surface area contributed by atoms with Crippen LogP contribution in [0.25, 0.3) is 0 Å². The molecule has 2 aliphatic carbocycles. The van der Waals surface area contributed by atoms with E-state index in [-0.39, 0.29) is 6.10 Å². The van der Waals surface area contributed by atoms with Gasteiger partial charge in [-0.3, -0.25) is 0 Å². The summed E-state index contributed by atoms with van der Waals surface area (Å²) >= 11 is 0. The summed E-state index contributed by atoms with van der Waals surface area (Å²) in [7, 11) is 0. The van der Waals surface area contributed by atoms with Crippen molar-refractivity contribution in [2.75, 3.05) is 0 Å². The Kier molecular flexibility index (Phi) is 3.25. The van der Waals surface area contributed by atoms with E-state index in [0.29, 0.717) is 23.7 Å². The van der Waals surface area contributed by atoms with Gasteiger partial charge in [0, 0.05) is 0 Å². The van der Waals surface area contributed by atoms with Crippen LogP contribution >= 0.6 is 0 Å². The highest BCUT2D eigenvalue weighted by Crippen LogP contribution is 2.50. The highest BCUT2D eigenvalue weighted by atomic mass is 16.3. The SMILES string of the molecule is C=C1[C@@H]2[C@@H](C(C)C)CCCC(=C)[C@@H]2C[C@@H]1O. The Hall–Kier alpha value is -0.560. The predicted octanol–water partition coefficient (Wildman–Crippen LogP) is 3.55. The number of rotatable bonds is 1. The van der Waals surface area contributed by atoms with Gasteiger partial charge >= 0.3 is 0 Å². The van der Waals surface area contributed by atoms with Crippen molar-refractivity contribution in [3.05, 3.63) is 24.3 Å². The van der Waals surface area contributed by atoms with Crippen molar-refractivity contribution in [3.63, 3.8) is 0 Å². The number of hydrogen-bond acceptors (Lipinski definition) is 1. The van der Waals surface area contributed by atoms with E-state index in [1.165, 1.54) is 18.4 Å². The third kappa shape index (κ3) is 1.86. The molecule has 0 spiro atoms. The second kappa shape index (κ2) is 4.37. The number of allylic oxidation sites excluding steroid dienone is 1. The van der Waals surface area contributed by atoms with Gasteiger partial charge in [0.25, 0.3) is 0 Å². The average molecular weight is 220 g/mol. The number of aliphatic hydroxyl groups excluding tert-OH is 1. The molecule has 1 N–H and O–H groups in total. The predicted molar refractivity (Wildman–Crippen MR) is 68.1 cm³/mol. The Balaban J connectivity index is 2.30. The van der Waals surface area contributed by atoms with Crippen LogP contribution in [0.2, 0.25) is 0 Å². The van der Waals surface area contributed by atoms with E-state index in [2.05, 4.69) is 27.0 Å². The van der Waals surface area contributed by atoms with Gasteiger partial charge in [-0.25, -0.2) is 0 Å². The van der Waals surface area contributed by atoms with E-state index >= 15 is 0 Å². The zero-order valence-electron chi connectivity index (χ0n) is 10.6. The molecule has 0 radical (unpaired) electrons. The number of hydrogen-bond donors (Lipinski definition) is 1. The van der Waals surface area contributed by atoms with Gasteiger partial charge in [0.05, 0.1) is 6.10 Å². The monoisotopic (exact) mass is 220 g/mol. The second-order valence-electron chi connectivity index (χ2n) is 5.92. The quantitative estimate of drug-likeness (QED) is 0.670. The summed E-state index contributed by atoms with van der Waals surface area (Å²) in [5.41, 5.74) is 2.43. The molecule has 2 saturated carbocycles. The summed E-state index contributed by atoms with van der Waals surface area (Å²) in [6, 6.07) is 0. The summed E-state index contributed by atoms with van der Waals surface area (Å²) in [4.78, 5) is 0. The maximum atomic E-state index is 10.00. The molecule has 90 valence electrons. The largest absolute Gasteiger partial charge is 0.389 e. The van der Waals surface area contributed by atoms with Crippen LogP contribution in [0.15, 0.2) is 24.3 Å². The Labute approximate surface area is 99.3 Å². The molecule has 16 heavy (non-hydrogen) atoms. The lowest BCUT2D eigenvalue weighted by Crippen LogP contribution is -2.23. The maximum Gasteiger partial charge on any atom is 0.0756 e. The van der Waals surface area contributed by atoms with Crippen LogP contribution in [0.3, 0.4) is 0 Å². The fourth-order valence-corrected chi connectivity index (χ4v) is 3.69. The molecule has 0 aliphatic heterocycles. The molecule has 0 bridgehead atoms. The minimum atomic E-state index is -0.286. The number of aliphatic hydroxyl groups is 1. The van der Waals surface area contributed by atoms with Crippen molar-refractivity contribution < 1.29 is 5.11 Å². The van der Waals surface area contributed by atoms with Gasteiger partial charge in [0.2, 0.25) is 0 Å². The minimum absolute atomic E-state index is 0.286. The standard InChI is InChI=1S/C15H24O/c1-9(2)12-7-5-6-10(3)13-8-14(16)11(4)15(12)13/h9,12-16H,3-8H2,1-2H3/t12-,13+,14+,15-/m1/s1. The summed E-state index contributed by atoms with van der Waals surface area (Å²) in [6.07, 6.45) is 4.25. The van der Waals surface area contributed by atoms with Gasteiger partial charge in [0.1, 0.15) is 0 Å². The van der Waals surface area contributed by atoms with E-state index in [0.717, 1.165) is 18.4 Å².